The molecular weight excluding hydrogens is 242 g/mol. The summed E-state index contributed by atoms with van der Waals surface area (Å²) in [6.45, 7) is 4.88. The number of nitrogens with zero attached hydrogens (tertiary/aromatic N) is 4. The molecule has 6 heteroatoms. The minimum atomic E-state index is 0.151. The van der Waals surface area contributed by atoms with Gasteiger partial charge in [0.1, 0.15) is 0 Å². The molecule has 6 nitrogen and oxygen atoms in total. The van der Waals surface area contributed by atoms with E-state index in [1.807, 2.05) is 13.1 Å². The second-order valence-corrected chi connectivity index (χ2v) is 4.38. The van der Waals surface area contributed by atoms with Gasteiger partial charge in [0, 0.05) is 25.0 Å². The molecule has 0 aliphatic heterocycles. The zero-order chi connectivity index (χ0) is 13.7. The molecule has 0 aromatic carbocycles. The van der Waals surface area contributed by atoms with E-state index < -0.39 is 0 Å². The lowest BCUT2D eigenvalue weighted by Crippen LogP contribution is -2.21. The molecular formula is C13H19N5O. The highest BCUT2D eigenvalue weighted by Crippen LogP contribution is 2.16. The van der Waals surface area contributed by atoms with Crippen LogP contribution in [0.5, 0.6) is 11.8 Å². The van der Waals surface area contributed by atoms with Crippen LogP contribution in [0.3, 0.4) is 0 Å². The first-order chi connectivity index (χ1) is 9.21. The highest BCUT2D eigenvalue weighted by atomic mass is 16.5. The van der Waals surface area contributed by atoms with Crippen LogP contribution in [0, 0.1) is 0 Å². The van der Waals surface area contributed by atoms with Crippen molar-refractivity contribution in [1.82, 2.24) is 19.7 Å². The maximum Gasteiger partial charge on any atom is 0.321 e. The SMILES string of the molecule is CCC(N)Cc1cnc(Oc2cnn(CC)c2)nc1. The quantitative estimate of drug-likeness (QED) is 0.857. The van der Waals surface area contributed by atoms with Gasteiger partial charge in [0.25, 0.3) is 0 Å². The van der Waals surface area contributed by atoms with Crippen LogP contribution in [0.2, 0.25) is 0 Å². The molecule has 2 aromatic heterocycles. The van der Waals surface area contributed by atoms with Gasteiger partial charge >= 0.3 is 6.01 Å². The van der Waals surface area contributed by atoms with Gasteiger partial charge in [-0.1, -0.05) is 6.92 Å². The van der Waals surface area contributed by atoms with Crippen LogP contribution < -0.4 is 10.5 Å². The second kappa shape index (κ2) is 6.29. The molecule has 0 saturated carbocycles. The number of rotatable bonds is 6. The van der Waals surface area contributed by atoms with Crippen LogP contribution in [-0.2, 0) is 13.0 Å². The average molecular weight is 261 g/mol. The molecule has 0 radical (unpaired) electrons. The van der Waals surface area contributed by atoms with E-state index in [0.29, 0.717) is 11.8 Å². The maximum absolute atomic E-state index is 5.89. The molecule has 0 spiro atoms. The lowest BCUT2D eigenvalue weighted by atomic mass is 10.1. The Labute approximate surface area is 112 Å². The Morgan fingerprint density at radius 3 is 2.58 bits per heavy atom. The summed E-state index contributed by atoms with van der Waals surface area (Å²) >= 11 is 0. The zero-order valence-corrected chi connectivity index (χ0v) is 11.3. The summed E-state index contributed by atoms with van der Waals surface area (Å²) in [7, 11) is 0. The first kappa shape index (κ1) is 13.5. The average Bonchev–Trinajstić information content (AvgIpc) is 2.88. The van der Waals surface area contributed by atoms with Crippen molar-refractivity contribution in [1.29, 1.82) is 0 Å². The molecule has 2 rings (SSSR count). The molecule has 2 aromatic rings. The summed E-state index contributed by atoms with van der Waals surface area (Å²) in [6.07, 6.45) is 8.68. The minimum absolute atomic E-state index is 0.151. The van der Waals surface area contributed by atoms with Gasteiger partial charge in [-0.3, -0.25) is 4.68 Å². The Morgan fingerprint density at radius 2 is 2.00 bits per heavy atom. The smallest absolute Gasteiger partial charge is 0.321 e. The summed E-state index contributed by atoms with van der Waals surface area (Å²) in [5.41, 5.74) is 6.91. The minimum Gasteiger partial charge on any atom is -0.421 e. The molecule has 0 aliphatic carbocycles. The molecule has 0 aliphatic rings. The van der Waals surface area contributed by atoms with Gasteiger partial charge in [-0.05, 0) is 25.3 Å². The Bertz CT molecular complexity index is 508. The van der Waals surface area contributed by atoms with Crippen LogP contribution >= 0.6 is 0 Å². The highest BCUT2D eigenvalue weighted by Gasteiger charge is 2.05. The summed E-state index contributed by atoms with van der Waals surface area (Å²) < 4.78 is 7.29. The first-order valence-electron chi connectivity index (χ1n) is 6.48. The molecule has 0 saturated heterocycles. The van der Waals surface area contributed by atoms with Gasteiger partial charge in [-0.25, -0.2) is 9.97 Å². The molecule has 19 heavy (non-hydrogen) atoms. The van der Waals surface area contributed by atoms with E-state index >= 15 is 0 Å². The Hall–Kier alpha value is -1.95. The monoisotopic (exact) mass is 261 g/mol. The predicted molar refractivity (Wildman–Crippen MR) is 72.0 cm³/mol. The lowest BCUT2D eigenvalue weighted by Gasteiger charge is -2.07. The predicted octanol–water partition coefficient (Wildman–Crippen LogP) is 1.77. The topological polar surface area (TPSA) is 78.9 Å². The Morgan fingerprint density at radius 1 is 1.26 bits per heavy atom. The number of aromatic nitrogens is 4. The largest absolute Gasteiger partial charge is 0.421 e. The van der Waals surface area contributed by atoms with E-state index in [4.69, 9.17) is 10.5 Å². The molecule has 102 valence electrons. The number of hydrogen-bond acceptors (Lipinski definition) is 5. The molecule has 1 atom stereocenters. The van der Waals surface area contributed by atoms with E-state index in [1.54, 1.807) is 23.3 Å². The van der Waals surface area contributed by atoms with E-state index in [-0.39, 0.29) is 6.04 Å². The van der Waals surface area contributed by atoms with Crippen molar-refractivity contribution in [3.05, 3.63) is 30.4 Å². The number of aryl methyl sites for hydroxylation is 1. The number of hydrogen-bond donors (Lipinski definition) is 1. The number of ether oxygens (including phenoxy) is 1. The molecule has 0 bridgehead atoms. The van der Waals surface area contributed by atoms with Crippen LogP contribution in [0.25, 0.3) is 0 Å². The third-order valence-corrected chi connectivity index (χ3v) is 2.85. The van der Waals surface area contributed by atoms with Crippen LogP contribution in [-0.4, -0.2) is 25.8 Å². The summed E-state index contributed by atoms with van der Waals surface area (Å²) in [6, 6.07) is 0.475. The fourth-order valence-electron chi connectivity index (χ4n) is 1.62. The van der Waals surface area contributed by atoms with Crippen LogP contribution in [0.1, 0.15) is 25.8 Å². The van der Waals surface area contributed by atoms with Crippen molar-refractivity contribution >= 4 is 0 Å². The van der Waals surface area contributed by atoms with Gasteiger partial charge in [0.2, 0.25) is 0 Å². The first-order valence-corrected chi connectivity index (χ1v) is 6.48. The van der Waals surface area contributed by atoms with Crippen molar-refractivity contribution in [3.8, 4) is 11.8 Å². The standard InChI is InChI=1S/C13H19N5O/c1-3-11(14)5-10-6-15-13(16-7-10)19-12-8-17-18(4-2)9-12/h6-9,11H,3-5,14H2,1-2H3. The van der Waals surface area contributed by atoms with Crippen molar-refractivity contribution in [3.63, 3.8) is 0 Å². The maximum atomic E-state index is 5.89. The van der Waals surface area contributed by atoms with Gasteiger partial charge in [-0.2, -0.15) is 5.10 Å². The fourth-order valence-corrected chi connectivity index (χ4v) is 1.62. The summed E-state index contributed by atoms with van der Waals surface area (Å²) in [5.74, 6) is 0.639. The summed E-state index contributed by atoms with van der Waals surface area (Å²) in [5, 5.41) is 4.12. The van der Waals surface area contributed by atoms with Gasteiger partial charge in [0.15, 0.2) is 5.75 Å². The van der Waals surface area contributed by atoms with Gasteiger partial charge in [-0.15, -0.1) is 0 Å². The Balaban J connectivity index is 1.98. The number of nitrogens with two attached hydrogens (primary N) is 1. The molecule has 0 fully saturated rings. The van der Waals surface area contributed by atoms with Crippen LogP contribution in [0.15, 0.2) is 24.8 Å². The zero-order valence-electron chi connectivity index (χ0n) is 11.3. The van der Waals surface area contributed by atoms with Gasteiger partial charge in [0.05, 0.1) is 12.4 Å². The normalized spacial score (nSPS) is 12.4. The molecule has 0 amide bonds. The molecule has 2 heterocycles. The van der Waals surface area contributed by atoms with Crippen molar-refractivity contribution in [2.75, 3.05) is 0 Å². The van der Waals surface area contributed by atoms with Crippen molar-refractivity contribution < 1.29 is 4.74 Å². The lowest BCUT2D eigenvalue weighted by molar-refractivity contribution is 0.439. The van der Waals surface area contributed by atoms with E-state index in [0.717, 1.165) is 24.9 Å². The summed E-state index contributed by atoms with van der Waals surface area (Å²) in [4.78, 5) is 8.34. The fraction of sp³-hybridized carbons (Fsp3) is 0.462. The van der Waals surface area contributed by atoms with E-state index in [1.165, 1.54) is 0 Å². The third kappa shape index (κ3) is 3.75. The van der Waals surface area contributed by atoms with E-state index in [9.17, 15) is 0 Å². The third-order valence-electron chi connectivity index (χ3n) is 2.85. The molecule has 1 unspecified atom stereocenters. The van der Waals surface area contributed by atoms with Crippen molar-refractivity contribution in [2.45, 2.75) is 39.3 Å². The second-order valence-electron chi connectivity index (χ2n) is 4.38. The van der Waals surface area contributed by atoms with Gasteiger partial charge < -0.3 is 10.5 Å². The van der Waals surface area contributed by atoms with Crippen LogP contribution in [0.4, 0.5) is 0 Å². The van der Waals surface area contributed by atoms with E-state index in [2.05, 4.69) is 22.0 Å². The van der Waals surface area contributed by atoms with Crippen molar-refractivity contribution in [2.24, 2.45) is 5.73 Å². The highest BCUT2D eigenvalue weighted by molar-refractivity contribution is 5.18. The Kier molecular flexibility index (Phi) is 4.46. The molecule has 2 N–H and O–H groups in total.